The fraction of sp³-hybridized carbons (Fsp3) is 0.189. The van der Waals surface area contributed by atoms with E-state index in [4.69, 9.17) is 0 Å². The van der Waals surface area contributed by atoms with E-state index >= 15 is 0 Å². The minimum Gasteiger partial charge on any atom is -1.00 e. The number of rotatable bonds is 6. The van der Waals surface area contributed by atoms with Gasteiger partial charge in [-0.3, -0.25) is 0 Å². The molecule has 0 aliphatic rings. The number of phenols is 1. The first-order chi connectivity index (χ1) is 20.2. The van der Waals surface area contributed by atoms with E-state index < -0.39 is 0 Å². The average Bonchev–Trinajstić information content (AvgIpc) is 2.98. The van der Waals surface area contributed by atoms with E-state index in [9.17, 15) is 5.11 Å². The number of pyridine rings is 2. The first-order valence-corrected chi connectivity index (χ1v) is 14.3. The van der Waals surface area contributed by atoms with E-state index in [1.54, 1.807) is 0 Å². The molecule has 0 unspecified atom stereocenters. The molecule has 0 spiro atoms. The Morgan fingerprint density at radius 2 is 0.875 bits per heavy atom. The minimum absolute atomic E-state index is 0. The molecule has 0 saturated heterocycles. The molecule has 1 N–H and O–H groups in total. The van der Waals surface area contributed by atoms with Crippen molar-refractivity contribution in [3.05, 3.63) is 113 Å². The van der Waals surface area contributed by atoms with Crippen molar-refractivity contribution >= 4 is 35.4 Å². The summed E-state index contributed by atoms with van der Waals surface area (Å²) in [6.45, 7) is 14.7. The Morgan fingerprint density at radius 3 is 1.15 bits per heavy atom. The first kappa shape index (κ1) is 47.4. The third-order valence-electron chi connectivity index (χ3n) is 7.79. The van der Waals surface area contributed by atoms with Crippen LogP contribution in [-0.2, 0) is 33.0 Å². The number of aryl methyl sites for hydroxylation is 4. The number of nitrogens with zero attached hydrogens (tertiary/aromatic N) is 4. The van der Waals surface area contributed by atoms with Gasteiger partial charge in [0.25, 0.3) is 0 Å². The van der Waals surface area contributed by atoms with Crippen LogP contribution in [0.3, 0.4) is 0 Å². The Morgan fingerprint density at radius 1 is 0.542 bits per heavy atom. The van der Waals surface area contributed by atoms with E-state index in [-0.39, 0.29) is 88.4 Å². The van der Waals surface area contributed by atoms with E-state index in [0.717, 1.165) is 73.1 Å². The molecular weight excluding hydrogens is 776 g/mol. The summed E-state index contributed by atoms with van der Waals surface area (Å²) in [6.07, 6.45) is 7.73. The molecule has 3 aromatic carbocycles. The van der Waals surface area contributed by atoms with Crippen molar-refractivity contribution in [3.63, 3.8) is 0 Å². The molecule has 0 bridgehead atoms. The van der Waals surface area contributed by atoms with Crippen LogP contribution in [0.15, 0.2) is 85.2 Å². The fourth-order valence-electron chi connectivity index (χ4n) is 6.03. The summed E-state index contributed by atoms with van der Waals surface area (Å²) in [6, 6.07) is 24.5. The molecule has 5 rings (SSSR count). The van der Waals surface area contributed by atoms with E-state index in [1.165, 1.54) is 0 Å². The largest absolute Gasteiger partial charge is 1.00 e. The van der Waals surface area contributed by atoms with Crippen molar-refractivity contribution in [2.24, 2.45) is 0 Å². The zero-order valence-corrected chi connectivity index (χ0v) is 32.6. The van der Waals surface area contributed by atoms with Gasteiger partial charge in [-0.2, -0.15) is 0 Å². The maximum atomic E-state index is 10.9. The van der Waals surface area contributed by atoms with Gasteiger partial charge in [0.1, 0.15) is 29.5 Å². The number of aromatic hydroxyl groups is 1. The molecule has 5 aromatic rings. The zero-order chi connectivity index (χ0) is 30.0. The van der Waals surface area contributed by atoms with E-state index in [0.29, 0.717) is 0 Å². The molecule has 5 nitrogen and oxygen atoms in total. The van der Waals surface area contributed by atoms with Crippen LogP contribution in [0.5, 0.6) is 5.75 Å². The fourth-order valence-corrected chi connectivity index (χ4v) is 6.03. The Bertz CT molecular complexity index is 1690. The van der Waals surface area contributed by atoms with Crippen LogP contribution >= 0.6 is 0 Å². The first-order valence-electron chi connectivity index (χ1n) is 14.3. The summed E-state index contributed by atoms with van der Waals surface area (Å²) in [5, 5.41) is 10.9. The van der Waals surface area contributed by atoms with Crippen LogP contribution in [0.25, 0.3) is 22.3 Å². The van der Waals surface area contributed by atoms with Crippen molar-refractivity contribution in [1.29, 1.82) is 0 Å². The Labute approximate surface area is 329 Å². The topological polar surface area (TPSA) is 52.0 Å². The molecule has 0 saturated carbocycles. The summed E-state index contributed by atoms with van der Waals surface area (Å²) >= 11 is 0. The minimum atomic E-state index is 0. The Kier molecular flexibility index (Phi) is 20.4. The van der Waals surface area contributed by atoms with Crippen LogP contribution in [0.1, 0.15) is 41.7 Å². The van der Waals surface area contributed by atoms with E-state index in [2.05, 4.69) is 90.4 Å². The summed E-state index contributed by atoms with van der Waals surface area (Å²) in [7, 11) is 0. The monoisotopic (exact) mass is 810 g/mol. The van der Waals surface area contributed by atoms with Crippen LogP contribution in [-0.4, -0.2) is 27.5 Å². The van der Waals surface area contributed by atoms with Crippen molar-refractivity contribution in [1.82, 2.24) is 19.1 Å². The van der Waals surface area contributed by atoms with Crippen LogP contribution in [0.4, 0.5) is 23.0 Å². The molecule has 0 fully saturated rings. The molecule has 0 amide bonds. The second-order valence-electron chi connectivity index (χ2n) is 10.7. The molecule has 0 aliphatic heterocycles. The summed E-state index contributed by atoms with van der Waals surface area (Å²) in [4.78, 5) is 9.13. The van der Waals surface area contributed by atoms with Crippen molar-refractivity contribution in [2.45, 2.75) is 48.5 Å². The third-order valence-corrected chi connectivity index (χ3v) is 7.79. The predicted octanol–water partition coefficient (Wildman–Crippen LogP) is -3.08. The standard InChI is InChI=1S/C37H37N4O.4ClH.2Ni/c1-8-40(34-14-10-12-16-38-34)36-24(3)18-29(19-25(36)4)32-22-31(42)23-33(28(32)7)30-20-26(5)37(27(6)21-30)41(9-2)35-15-11-13-17-39-35;;;;;;/h8-23H,1-7H3;4*1H;;/q+1;;;;;;/p-3. The molecule has 0 aliphatic carbocycles. The smallest absolute Gasteiger partial charge is 0.327 e. The summed E-state index contributed by atoms with van der Waals surface area (Å²) in [5.41, 5.74) is 12.1. The van der Waals surface area contributed by atoms with Crippen LogP contribution < -0.4 is 58.8 Å². The summed E-state index contributed by atoms with van der Waals surface area (Å²) < 4.78 is 4.26. The number of hydrogen-bond donors (Lipinski definition) is 1. The van der Waals surface area contributed by atoms with Gasteiger partial charge in [0.2, 0.25) is 0 Å². The molecular formula is C37H38Cl4N4Ni2O-2. The second-order valence-corrected chi connectivity index (χ2v) is 10.7. The molecule has 0 radical (unpaired) electrons. The number of benzene rings is 3. The van der Waals surface area contributed by atoms with Gasteiger partial charge < -0.3 is 54.7 Å². The number of hydrogen-bond acceptors (Lipinski definition) is 3. The van der Waals surface area contributed by atoms with Gasteiger partial charge in [0.15, 0.2) is 0 Å². The van der Waals surface area contributed by atoms with Crippen molar-refractivity contribution < 1.29 is 87.7 Å². The maximum Gasteiger partial charge on any atom is 0.327 e. The second kappa shape index (κ2) is 20.7. The average molecular weight is 814 g/mol. The SMILES string of the molecule is CC=[N+](c1ccccn1)c1c(C)cc(-c2cc(O)cc(-c3cc(C)c([N+](=CC)c4ccccn4)c(C)c3)c2C)cc1C.[Cl-].[Cl-].[Cl-].[Cl-].[Ni].[Ni]. The molecule has 0 atom stereocenters. The normalized spacial score (nSPS) is 10.6. The van der Waals surface area contributed by atoms with Crippen molar-refractivity contribution in [3.8, 4) is 28.0 Å². The van der Waals surface area contributed by atoms with E-state index in [1.807, 2.05) is 74.8 Å². The van der Waals surface area contributed by atoms with Gasteiger partial charge in [0.05, 0.1) is 12.4 Å². The van der Waals surface area contributed by atoms with Gasteiger partial charge in [-0.1, -0.05) is 12.1 Å². The molecule has 48 heavy (non-hydrogen) atoms. The zero-order valence-electron chi connectivity index (χ0n) is 27.6. The van der Waals surface area contributed by atoms with Gasteiger partial charge in [0, 0.05) is 45.1 Å². The molecule has 11 heteroatoms. The van der Waals surface area contributed by atoms with Crippen LogP contribution in [0, 0.1) is 34.6 Å². The number of aromatic nitrogens is 2. The summed E-state index contributed by atoms with van der Waals surface area (Å²) in [5.74, 6) is 2.01. The maximum absolute atomic E-state index is 10.9. The number of halogens is 4. The molecule has 2 heterocycles. The Hall–Kier alpha value is -2.75. The molecule has 262 valence electrons. The van der Waals surface area contributed by atoms with Crippen molar-refractivity contribution in [2.75, 3.05) is 0 Å². The van der Waals surface area contributed by atoms with Crippen LogP contribution in [0.2, 0.25) is 0 Å². The third kappa shape index (κ3) is 9.69. The van der Waals surface area contributed by atoms with Gasteiger partial charge in [-0.05, 0) is 157 Å². The van der Waals surface area contributed by atoms with Gasteiger partial charge in [-0.25, -0.2) is 9.15 Å². The van der Waals surface area contributed by atoms with Gasteiger partial charge >= 0.3 is 11.6 Å². The van der Waals surface area contributed by atoms with Gasteiger partial charge in [-0.15, -0.1) is 0 Å². The quantitative estimate of drug-likeness (QED) is 0.113. The molecule has 2 aromatic heterocycles. The predicted molar refractivity (Wildman–Crippen MR) is 178 cm³/mol. The Balaban J connectivity index is 0. The number of phenolic OH excluding ortho intramolecular Hbond substituents is 1.